The Morgan fingerprint density at radius 1 is 1.08 bits per heavy atom. The molecule has 1 saturated heterocycles. The zero-order chi connectivity index (χ0) is 7.53. The molecule has 3 heteroatoms. The van der Waals surface area contributed by atoms with Crippen LogP contribution < -0.4 is 5.32 Å². The number of hydrogen-bond donors (Lipinski definition) is 1. The van der Waals surface area contributed by atoms with E-state index in [1.807, 2.05) is 0 Å². The van der Waals surface area contributed by atoms with Crippen molar-refractivity contribution in [3.05, 3.63) is 0 Å². The molecule has 3 rings (SSSR count). The summed E-state index contributed by atoms with van der Waals surface area (Å²) in [6.07, 6.45) is 3.91. The van der Waals surface area contributed by atoms with Crippen LogP contribution in [0.2, 0.25) is 0 Å². The Balaban J connectivity index is 0.000000563. The molecule has 1 N–H and O–H groups in total. The van der Waals surface area contributed by atoms with Crippen molar-refractivity contribution in [3.8, 4) is 0 Å². The SMILES string of the molecule is Cl.FC1CC2(C1)CC1(CNC1)C2. The monoisotopic (exact) mass is 191 g/mol. The van der Waals surface area contributed by atoms with Crippen molar-refractivity contribution in [3.63, 3.8) is 0 Å². The van der Waals surface area contributed by atoms with Crippen LogP contribution in [0.25, 0.3) is 0 Å². The van der Waals surface area contributed by atoms with Gasteiger partial charge in [0.15, 0.2) is 0 Å². The van der Waals surface area contributed by atoms with Crippen LogP contribution in [0.1, 0.15) is 25.7 Å². The summed E-state index contributed by atoms with van der Waals surface area (Å²) in [6, 6.07) is 0. The van der Waals surface area contributed by atoms with E-state index in [0.717, 1.165) is 12.8 Å². The quantitative estimate of drug-likeness (QED) is 0.617. The maximum atomic E-state index is 12.6. The minimum atomic E-state index is -0.458. The van der Waals surface area contributed by atoms with E-state index in [9.17, 15) is 4.39 Å². The first-order chi connectivity index (χ1) is 5.22. The van der Waals surface area contributed by atoms with Crippen molar-refractivity contribution in [2.45, 2.75) is 31.9 Å². The van der Waals surface area contributed by atoms with Gasteiger partial charge in [-0.15, -0.1) is 12.4 Å². The highest BCUT2D eigenvalue weighted by atomic mass is 35.5. The number of hydrogen-bond acceptors (Lipinski definition) is 1. The molecule has 0 atom stereocenters. The van der Waals surface area contributed by atoms with Gasteiger partial charge in [0, 0.05) is 13.1 Å². The maximum Gasteiger partial charge on any atom is 0.101 e. The predicted octanol–water partition coefficient (Wildman–Crippen LogP) is 1.91. The average Bonchev–Trinajstić information content (AvgIpc) is 1.69. The van der Waals surface area contributed by atoms with Crippen molar-refractivity contribution >= 4 is 12.4 Å². The minimum absolute atomic E-state index is 0. The van der Waals surface area contributed by atoms with Gasteiger partial charge in [-0.3, -0.25) is 0 Å². The number of rotatable bonds is 0. The molecule has 1 aliphatic heterocycles. The number of alkyl halides is 1. The Labute approximate surface area is 78.5 Å². The lowest BCUT2D eigenvalue weighted by Gasteiger charge is -2.65. The molecule has 2 aliphatic carbocycles. The van der Waals surface area contributed by atoms with E-state index in [2.05, 4.69) is 5.32 Å². The third-order valence-corrected chi connectivity index (χ3v) is 3.81. The van der Waals surface area contributed by atoms with Crippen molar-refractivity contribution in [2.24, 2.45) is 10.8 Å². The van der Waals surface area contributed by atoms with Gasteiger partial charge >= 0.3 is 0 Å². The summed E-state index contributed by atoms with van der Waals surface area (Å²) in [7, 11) is 0. The Morgan fingerprint density at radius 3 is 2.00 bits per heavy atom. The topological polar surface area (TPSA) is 12.0 Å². The Hall–Kier alpha value is 0.180. The molecule has 0 amide bonds. The molecule has 3 aliphatic rings. The summed E-state index contributed by atoms with van der Waals surface area (Å²) < 4.78 is 12.6. The van der Waals surface area contributed by atoms with Gasteiger partial charge < -0.3 is 5.32 Å². The fourth-order valence-electron chi connectivity index (χ4n) is 3.44. The van der Waals surface area contributed by atoms with Gasteiger partial charge in [0.1, 0.15) is 6.17 Å². The predicted molar refractivity (Wildman–Crippen MR) is 48.3 cm³/mol. The summed E-state index contributed by atoms with van der Waals surface area (Å²) in [4.78, 5) is 0. The summed E-state index contributed by atoms with van der Waals surface area (Å²) >= 11 is 0. The number of nitrogens with one attached hydrogen (secondary N) is 1. The van der Waals surface area contributed by atoms with Crippen LogP contribution in [0.15, 0.2) is 0 Å². The Kier molecular flexibility index (Phi) is 1.72. The first-order valence-electron chi connectivity index (χ1n) is 4.57. The molecule has 0 aromatic carbocycles. The van der Waals surface area contributed by atoms with E-state index in [1.165, 1.54) is 25.9 Å². The Morgan fingerprint density at radius 2 is 1.67 bits per heavy atom. The summed E-state index contributed by atoms with van der Waals surface area (Å²) in [5, 5.41) is 3.31. The molecule has 0 aromatic rings. The molecule has 1 nitrogen and oxygen atoms in total. The van der Waals surface area contributed by atoms with E-state index >= 15 is 0 Å². The Bertz CT molecular complexity index is 187. The highest BCUT2D eigenvalue weighted by Crippen LogP contribution is 2.66. The van der Waals surface area contributed by atoms with Gasteiger partial charge in [-0.2, -0.15) is 0 Å². The summed E-state index contributed by atoms with van der Waals surface area (Å²) in [6.45, 7) is 2.40. The normalized spacial score (nSPS) is 34.8. The van der Waals surface area contributed by atoms with Crippen LogP contribution in [0.5, 0.6) is 0 Å². The van der Waals surface area contributed by atoms with Crippen LogP contribution in [0.4, 0.5) is 4.39 Å². The van der Waals surface area contributed by atoms with E-state index < -0.39 is 6.17 Å². The smallest absolute Gasteiger partial charge is 0.101 e. The van der Waals surface area contributed by atoms with Crippen LogP contribution in [0.3, 0.4) is 0 Å². The lowest BCUT2D eigenvalue weighted by molar-refractivity contribution is -0.153. The molecule has 2 spiro atoms. The molecule has 0 bridgehead atoms. The second-order valence-electron chi connectivity index (χ2n) is 4.96. The highest BCUT2D eigenvalue weighted by molar-refractivity contribution is 5.85. The fraction of sp³-hybridized carbons (Fsp3) is 1.00. The molecule has 0 aromatic heterocycles. The van der Waals surface area contributed by atoms with Gasteiger partial charge in [0.05, 0.1) is 0 Å². The molecule has 0 unspecified atom stereocenters. The largest absolute Gasteiger partial charge is 0.316 e. The number of halogens is 2. The first-order valence-corrected chi connectivity index (χ1v) is 4.57. The molecular weight excluding hydrogens is 177 g/mol. The maximum absolute atomic E-state index is 12.6. The van der Waals surface area contributed by atoms with Crippen LogP contribution in [-0.4, -0.2) is 19.3 Å². The van der Waals surface area contributed by atoms with Gasteiger partial charge in [-0.05, 0) is 36.5 Å². The van der Waals surface area contributed by atoms with Gasteiger partial charge in [-0.25, -0.2) is 4.39 Å². The van der Waals surface area contributed by atoms with Crippen molar-refractivity contribution in [1.82, 2.24) is 5.32 Å². The third kappa shape index (κ3) is 0.942. The standard InChI is InChI=1S/C9H14FN.ClH/c10-7-1-8(2-7)3-9(4-8)5-11-6-9;/h7,11H,1-6H2;1H. The zero-order valence-corrected chi connectivity index (χ0v) is 7.92. The zero-order valence-electron chi connectivity index (χ0n) is 7.11. The summed E-state index contributed by atoms with van der Waals surface area (Å²) in [5.41, 5.74) is 1.13. The first kappa shape index (κ1) is 8.76. The molecule has 1 heterocycles. The van der Waals surface area contributed by atoms with Crippen LogP contribution >= 0.6 is 12.4 Å². The van der Waals surface area contributed by atoms with E-state index in [-0.39, 0.29) is 12.4 Å². The average molecular weight is 192 g/mol. The fourth-order valence-corrected chi connectivity index (χ4v) is 3.44. The van der Waals surface area contributed by atoms with Crippen LogP contribution in [0, 0.1) is 10.8 Å². The lowest BCUT2D eigenvalue weighted by atomic mass is 9.43. The van der Waals surface area contributed by atoms with Gasteiger partial charge in [0.25, 0.3) is 0 Å². The van der Waals surface area contributed by atoms with Crippen molar-refractivity contribution in [1.29, 1.82) is 0 Å². The minimum Gasteiger partial charge on any atom is -0.316 e. The molecule has 3 fully saturated rings. The van der Waals surface area contributed by atoms with Crippen LogP contribution in [-0.2, 0) is 0 Å². The van der Waals surface area contributed by atoms with Gasteiger partial charge in [0.2, 0.25) is 0 Å². The van der Waals surface area contributed by atoms with E-state index in [1.54, 1.807) is 0 Å². The van der Waals surface area contributed by atoms with Gasteiger partial charge in [-0.1, -0.05) is 0 Å². The third-order valence-electron chi connectivity index (χ3n) is 3.81. The van der Waals surface area contributed by atoms with E-state index in [4.69, 9.17) is 0 Å². The highest BCUT2D eigenvalue weighted by Gasteiger charge is 2.61. The van der Waals surface area contributed by atoms with E-state index in [0.29, 0.717) is 10.8 Å². The van der Waals surface area contributed by atoms with Crippen molar-refractivity contribution < 1.29 is 4.39 Å². The molecular formula is C9H15ClFN. The second-order valence-corrected chi connectivity index (χ2v) is 4.96. The molecule has 2 saturated carbocycles. The lowest BCUT2D eigenvalue weighted by Crippen LogP contribution is -2.67. The summed E-state index contributed by atoms with van der Waals surface area (Å²) in [5.74, 6) is 0. The molecule has 12 heavy (non-hydrogen) atoms. The molecule has 70 valence electrons. The second kappa shape index (κ2) is 2.36. The van der Waals surface area contributed by atoms with Crippen molar-refractivity contribution in [2.75, 3.05) is 13.1 Å². The molecule has 0 radical (unpaired) electrons.